The van der Waals surface area contributed by atoms with Crippen LogP contribution in [-0.2, 0) is 22.1 Å². The second-order valence-electron chi connectivity index (χ2n) is 4.51. The summed E-state index contributed by atoms with van der Waals surface area (Å²) in [5.41, 5.74) is 5.97. The van der Waals surface area contributed by atoms with E-state index < -0.39 is 37.9 Å². The maximum Gasteiger partial charge on any atom is 0.185 e. The molecule has 0 aliphatic carbocycles. The van der Waals surface area contributed by atoms with Gasteiger partial charge < -0.3 is 5.73 Å². The fourth-order valence-electron chi connectivity index (χ4n) is 1.94. The van der Waals surface area contributed by atoms with E-state index in [1.807, 2.05) is 0 Å². The maximum atomic E-state index is 13.6. The van der Waals surface area contributed by atoms with Crippen molar-refractivity contribution in [1.82, 2.24) is 0 Å². The summed E-state index contributed by atoms with van der Waals surface area (Å²) in [5.74, 6) is -3.27. The molecule has 0 aromatic heterocycles. The molecule has 2 aromatic carbocycles. The first-order valence-corrected chi connectivity index (χ1v) is 7.63. The van der Waals surface area contributed by atoms with Gasteiger partial charge in [0.15, 0.2) is 9.84 Å². The number of hydrogen-bond donors (Lipinski definition) is 1. The third-order valence-corrected chi connectivity index (χ3v) is 4.55. The van der Waals surface area contributed by atoms with E-state index in [4.69, 9.17) is 5.73 Å². The van der Waals surface area contributed by atoms with Crippen molar-refractivity contribution in [3.8, 4) is 0 Å². The van der Waals surface area contributed by atoms with Gasteiger partial charge in [-0.15, -0.1) is 0 Å². The smallest absolute Gasteiger partial charge is 0.185 e. The molecule has 0 fully saturated rings. The summed E-state index contributed by atoms with van der Waals surface area (Å²) in [4.78, 5) is -0.623. The van der Waals surface area contributed by atoms with Gasteiger partial charge in [0, 0.05) is 12.6 Å². The fraction of sp³-hybridized carbons (Fsp3) is 0.143. The molecule has 0 atom stereocenters. The van der Waals surface area contributed by atoms with Crippen LogP contribution in [0.25, 0.3) is 0 Å². The van der Waals surface area contributed by atoms with Crippen LogP contribution < -0.4 is 5.73 Å². The van der Waals surface area contributed by atoms with Gasteiger partial charge in [0.05, 0.1) is 5.75 Å². The first-order valence-electron chi connectivity index (χ1n) is 5.98. The third kappa shape index (κ3) is 3.62. The second-order valence-corrected chi connectivity index (χ2v) is 6.46. The van der Waals surface area contributed by atoms with E-state index >= 15 is 0 Å². The van der Waals surface area contributed by atoms with E-state index in [2.05, 4.69) is 0 Å². The van der Waals surface area contributed by atoms with Gasteiger partial charge >= 0.3 is 0 Å². The molecule has 2 rings (SSSR count). The van der Waals surface area contributed by atoms with Gasteiger partial charge in [0.2, 0.25) is 0 Å². The number of sulfone groups is 1. The van der Waals surface area contributed by atoms with Crippen molar-refractivity contribution in [3.63, 3.8) is 0 Å². The Morgan fingerprint density at radius 3 is 2.19 bits per heavy atom. The highest BCUT2D eigenvalue weighted by Crippen LogP contribution is 2.21. The van der Waals surface area contributed by atoms with Crippen molar-refractivity contribution < 1.29 is 21.6 Å². The highest BCUT2D eigenvalue weighted by atomic mass is 32.2. The summed E-state index contributed by atoms with van der Waals surface area (Å²) >= 11 is 0. The molecule has 0 spiro atoms. The van der Waals surface area contributed by atoms with Crippen LogP contribution in [0.3, 0.4) is 0 Å². The molecule has 0 bridgehead atoms. The van der Waals surface area contributed by atoms with Crippen LogP contribution >= 0.6 is 0 Å². The Kier molecular flexibility index (Phi) is 4.34. The van der Waals surface area contributed by atoms with E-state index in [9.17, 15) is 21.6 Å². The normalized spacial score (nSPS) is 11.6. The van der Waals surface area contributed by atoms with E-state index in [1.165, 1.54) is 12.1 Å². The van der Waals surface area contributed by atoms with Crippen molar-refractivity contribution in [3.05, 3.63) is 65.0 Å². The zero-order chi connectivity index (χ0) is 15.6. The Morgan fingerprint density at radius 2 is 1.57 bits per heavy atom. The minimum atomic E-state index is -4.05. The molecule has 0 unspecified atom stereocenters. The Balaban J connectivity index is 2.39. The molecule has 21 heavy (non-hydrogen) atoms. The fourth-order valence-corrected chi connectivity index (χ4v) is 3.34. The lowest BCUT2D eigenvalue weighted by Gasteiger charge is -2.08. The highest BCUT2D eigenvalue weighted by molar-refractivity contribution is 7.90. The van der Waals surface area contributed by atoms with Crippen molar-refractivity contribution >= 4 is 9.84 Å². The number of nitrogens with two attached hydrogens (primary N) is 1. The Morgan fingerprint density at radius 1 is 0.905 bits per heavy atom. The predicted molar refractivity (Wildman–Crippen MR) is 71.5 cm³/mol. The molecule has 112 valence electrons. The predicted octanol–water partition coefficient (Wildman–Crippen LogP) is 2.54. The molecular formula is C14H12F3NO2S. The van der Waals surface area contributed by atoms with Crippen LogP contribution in [-0.4, -0.2) is 8.42 Å². The lowest BCUT2D eigenvalue weighted by Crippen LogP contribution is -2.09. The average Bonchev–Trinajstić information content (AvgIpc) is 2.36. The monoisotopic (exact) mass is 315 g/mol. The molecule has 0 radical (unpaired) electrons. The molecule has 7 heteroatoms. The zero-order valence-corrected chi connectivity index (χ0v) is 11.6. The summed E-state index contributed by atoms with van der Waals surface area (Å²) in [7, 11) is -4.05. The molecule has 0 saturated carbocycles. The van der Waals surface area contributed by atoms with E-state index in [1.54, 1.807) is 0 Å². The van der Waals surface area contributed by atoms with E-state index in [0.29, 0.717) is 11.6 Å². The second kappa shape index (κ2) is 5.87. The first kappa shape index (κ1) is 15.5. The van der Waals surface area contributed by atoms with Crippen molar-refractivity contribution in [2.75, 3.05) is 0 Å². The average molecular weight is 315 g/mol. The number of benzene rings is 2. The molecule has 2 N–H and O–H groups in total. The molecule has 0 heterocycles. The van der Waals surface area contributed by atoms with Gasteiger partial charge in [-0.05, 0) is 35.4 Å². The highest BCUT2D eigenvalue weighted by Gasteiger charge is 2.20. The van der Waals surface area contributed by atoms with E-state index in [0.717, 1.165) is 18.2 Å². The summed E-state index contributed by atoms with van der Waals surface area (Å²) in [6.07, 6.45) is 0. The summed E-state index contributed by atoms with van der Waals surface area (Å²) in [5, 5.41) is 0. The van der Waals surface area contributed by atoms with E-state index in [-0.39, 0.29) is 12.1 Å². The van der Waals surface area contributed by atoms with Crippen molar-refractivity contribution in [1.29, 1.82) is 0 Å². The van der Waals surface area contributed by atoms with Crippen LogP contribution in [0.2, 0.25) is 0 Å². The van der Waals surface area contributed by atoms with Crippen LogP contribution in [0.5, 0.6) is 0 Å². The summed E-state index contributed by atoms with van der Waals surface area (Å²) in [6.45, 7) is 0.0513. The quantitative estimate of drug-likeness (QED) is 0.882. The Bertz CT molecular complexity index is 776. The van der Waals surface area contributed by atoms with Crippen LogP contribution in [0.4, 0.5) is 13.2 Å². The number of halogens is 3. The number of rotatable bonds is 4. The van der Waals surface area contributed by atoms with Crippen molar-refractivity contribution in [2.45, 2.75) is 17.2 Å². The van der Waals surface area contributed by atoms with Gasteiger partial charge in [0.1, 0.15) is 22.3 Å². The third-order valence-electron chi connectivity index (χ3n) is 2.84. The molecule has 0 aliphatic rings. The molecule has 2 aromatic rings. The standard InChI is InChI=1S/C14H12F3NO2S/c15-11-1-2-14(13(17)6-11)21(19,20)8-10-3-9(7-18)4-12(16)5-10/h1-6H,7-8,18H2. The lowest BCUT2D eigenvalue weighted by molar-refractivity contribution is 0.548. The van der Waals surface area contributed by atoms with Gasteiger partial charge in [0.25, 0.3) is 0 Å². The molecule has 0 saturated heterocycles. The zero-order valence-electron chi connectivity index (χ0n) is 10.8. The topological polar surface area (TPSA) is 60.2 Å². The van der Waals surface area contributed by atoms with Crippen LogP contribution in [0, 0.1) is 17.5 Å². The molecular weight excluding hydrogens is 303 g/mol. The van der Waals surface area contributed by atoms with Gasteiger partial charge in [-0.3, -0.25) is 0 Å². The van der Waals surface area contributed by atoms with Crippen molar-refractivity contribution in [2.24, 2.45) is 5.73 Å². The summed E-state index contributed by atoms with van der Waals surface area (Å²) in [6, 6.07) is 5.86. The maximum absolute atomic E-state index is 13.6. The van der Waals surface area contributed by atoms with Gasteiger partial charge in [-0.2, -0.15) is 0 Å². The lowest BCUT2D eigenvalue weighted by atomic mass is 10.1. The Hall–Kier alpha value is -1.86. The largest absolute Gasteiger partial charge is 0.326 e. The van der Waals surface area contributed by atoms with Crippen LogP contribution in [0.15, 0.2) is 41.3 Å². The van der Waals surface area contributed by atoms with Gasteiger partial charge in [-0.25, -0.2) is 21.6 Å². The molecule has 0 amide bonds. The first-order chi connectivity index (χ1) is 9.81. The molecule has 0 aliphatic heterocycles. The number of hydrogen-bond acceptors (Lipinski definition) is 3. The minimum absolute atomic E-state index is 0.0513. The molecule has 3 nitrogen and oxygen atoms in total. The minimum Gasteiger partial charge on any atom is -0.326 e. The van der Waals surface area contributed by atoms with Crippen LogP contribution in [0.1, 0.15) is 11.1 Å². The Labute approximate surface area is 120 Å². The summed E-state index contributed by atoms with van der Waals surface area (Å²) < 4.78 is 64.0. The van der Waals surface area contributed by atoms with Gasteiger partial charge in [-0.1, -0.05) is 6.07 Å². The SMILES string of the molecule is NCc1cc(F)cc(CS(=O)(=O)c2ccc(F)cc2F)c1.